The predicted molar refractivity (Wildman–Crippen MR) is 122 cm³/mol. The molecule has 3 aromatic rings. The summed E-state index contributed by atoms with van der Waals surface area (Å²) in [6, 6.07) is 5.73. The first-order valence-corrected chi connectivity index (χ1v) is 10.8. The van der Waals surface area contributed by atoms with Gasteiger partial charge in [-0.05, 0) is 37.2 Å². The van der Waals surface area contributed by atoms with E-state index < -0.39 is 5.97 Å². The lowest BCUT2D eigenvalue weighted by Gasteiger charge is -2.17. The van der Waals surface area contributed by atoms with E-state index in [-0.39, 0.29) is 12.2 Å². The second kappa shape index (κ2) is 10.6. The molecule has 9 nitrogen and oxygen atoms in total. The second-order valence-corrected chi connectivity index (χ2v) is 8.24. The van der Waals surface area contributed by atoms with E-state index >= 15 is 0 Å². The molecule has 3 rings (SSSR count). The number of H-pyrrole nitrogens is 1. The van der Waals surface area contributed by atoms with Crippen molar-refractivity contribution in [2.24, 2.45) is 0 Å². The van der Waals surface area contributed by atoms with E-state index in [1.165, 1.54) is 7.11 Å². The minimum atomic E-state index is -0.478. The third-order valence-corrected chi connectivity index (χ3v) is 6.04. The highest BCUT2D eigenvalue weighted by molar-refractivity contribution is 7.20. The molecule has 32 heavy (non-hydrogen) atoms. The molecule has 0 aliphatic rings. The molecule has 2 heterocycles. The molecule has 0 atom stereocenters. The highest BCUT2D eigenvalue weighted by Gasteiger charge is 2.20. The van der Waals surface area contributed by atoms with Crippen LogP contribution >= 0.6 is 11.3 Å². The number of esters is 1. The maximum atomic E-state index is 12.7. The number of rotatable bonds is 10. The molecule has 0 unspecified atom stereocenters. The van der Waals surface area contributed by atoms with Crippen LogP contribution < -0.4 is 15.0 Å². The third-order valence-electron chi connectivity index (χ3n) is 4.88. The van der Waals surface area contributed by atoms with Gasteiger partial charge in [0.1, 0.15) is 22.1 Å². The van der Waals surface area contributed by atoms with Crippen molar-refractivity contribution < 1.29 is 23.7 Å². The standard InChI is InChI=1S/C22H27N3O6S/c1-13-18-20(26)23-17(24-21(18)32-19(13)22(27)31-9-8-28-3)12-25(2)11-14-6-7-15(29-4)16(10-14)30-5/h6-7,10H,8-9,11-12H2,1-5H3,(H,23,24,26). The van der Waals surface area contributed by atoms with Crippen molar-refractivity contribution in [3.63, 3.8) is 0 Å². The molecule has 0 amide bonds. The zero-order valence-corrected chi connectivity index (χ0v) is 19.6. The number of nitrogens with zero attached hydrogens (tertiary/aromatic N) is 2. The van der Waals surface area contributed by atoms with Crippen LogP contribution in [0.1, 0.15) is 26.6 Å². The van der Waals surface area contributed by atoms with Crippen molar-refractivity contribution in [3.8, 4) is 11.5 Å². The van der Waals surface area contributed by atoms with Crippen LogP contribution in [0.3, 0.4) is 0 Å². The molecule has 1 N–H and O–H groups in total. The molecule has 0 spiro atoms. The van der Waals surface area contributed by atoms with E-state index in [4.69, 9.17) is 18.9 Å². The predicted octanol–water partition coefficient (Wildman–Crippen LogP) is 2.75. The SMILES string of the molecule is COCCOC(=O)c1sc2nc(CN(C)Cc3ccc(OC)c(OC)c3)[nH]c(=O)c2c1C. The summed E-state index contributed by atoms with van der Waals surface area (Å²) in [7, 11) is 6.66. The Bertz CT molecular complexity index is 1160. The highest BCUT2D eigenvalue weighted by atomic mass is 32.1. The molecule has 172 valence electrons. The Hall–Kier alpha value is -2.95. The van der Waals surface area contributed by atoms with Crippen LogP contribution in [-0.4, -0.2) is 62.4 Å². The molecule has 0 fully saturated rings. The fourth-order valence-corrected chi connectivity index (χ4v) is 4.44. The zero-order chi connectivity index (χ0) is 23.3. The van der Waals surface area contributed by atoms with E-state index in [1.807, 2.05) is 30.1 Å². The van der Waals surface area contributed by atoms with Crippen molar-refractivity contribution >= 4 is 27.5 Å². The number of hydrogen-bond donors (Lipinski definition) is 1. The Kier molecular flexibility index (Phi) is 7.84. The Balaban J connectivity index is 1.78. The lowest BCUT2D eigenvalue weighted by molar-refractivity contribution is 0.0393. The fourth-order valence-electron chi connectivity index (χ4n) is 3.34. The van der Waals surface area contributed by atoms with E-state index in [1.54, 1.807) is 21.1 Å². The number of ether oxygens (including phenoxy) is 4. The van der Waals surface area contributed by atoms with Crippen LogP contribution in [0, 0.1) is 6.92 Å². The molecule has 0 saturated carbocycles. The van der Waals surface area contributed by atoms with Gasteiger partial charge in [0.05, 0.1) is 32.8 Å². The number of benzene rings is 1. The van der Waals surface area contributed by atoms with Crippen molar-refractivity contribution in [1.82, 2.24) is 14.9 Å². The quantitative estimate of drug-likeness (QED) is 0.363. The number of thiophene rings is 1. The van der Waals surface area contributed by atoms with E-state index in [9.17, 15) is 9.59 Å². The number of hydrogen-bond acceptors (Lipinski definition) is 9. The van der Waals surface area contributed by atoms with E-state index in [0.29, 0.717) is 57.7 Å². The topological polar surface area (TPSA) is 103 Å². The number of fused-ring (bicyclic) bond motifs is 1. The van der Waals surface area contributed by atoms with Crippen molar-refractivity contribution in [3.05, 3.63) is 50.4 Å². The molecule has 2 aromatic heterocycles. The van der Waals surface area contributed by atoms with Gasteiger partial charge in [0.25, 0.3) is 5.56 Å². The normalized spacial score (nSPS) is 11.2. The van der Waals surface area contributed by atoms with Crippen LogP contribution in [0.2, 0.25) is 0 Å². The lowest BCUT2D eigenvalue weighted by atomic mass is 10.2. The smallest absolute Gasteiger partial charge is 0.348 e. The van der Waals surface area contributed by atoms with Gasteiger partial charge in [-0.2, -0.15) is 0 Å². The molecule has 0 aliphatic carbocycles. The van der Waals surface area contributed by atoms with Gasteiger partial charge >= 0.3 is 5.97 Å². The molecule has 0 aliphatic heterocycles. The third kappa shape index (κ3) is 5.26. The number of aromatic nitrogens is 2. The van der Waals surface area contributed by atoms with Gasteiger partial charge in [-0.25, -0.2) is 9.78 Å². The molecule has 1 aromatic carbocycles. The van der Waals surface area contributed by atoms with Crippen LogP contribution in [0.5, 0.6) is 11.5 Å². The Labute approximate surface area is 189 Å². The van der Waals surface area contributed by atoms with Crippen LogP contribution in [0.25, 0.3) is 10.2 Å². The summed E-state index contributed by atoms with van der Waals surface area (Å²) in [5, 5.41) is 0.417. The fraction of sp³-hybridized carbons (Fsp3) is 0.409. The molecular formula is C22H27N3O6S. The first-order chi connectivity index (χ1) is 15.4. The van der Waals surface area contributed by atoms with Crippen molar-refractivity contribution in [1.29, 1.82) is 0 Å². The van der Waals surface area contributed by atoms with Gasteiger partial charge in [-0.15, -0.1) is 11.3 Å². The van der Waals surface area contributed by atoms with Gasteiger partial charge in [0.15, 0.2) is 11.5 Å². The maximum Gasteiger partial charge on any atom is 0.348 e. The summed E-state index contributed by atoms with van der Waals surface area (Å²) in [5.74, 6) is 1.37. The monoisotopic (exact) mass is 461 g/mol. The molecule has 0 saturated heterocycles. The highest BCUT2D eigenvalue weighted by Crippen LogP contribution is 2.29. The summed E-state index contributed by atoms with van der Waals surface area (Å²) in [6.07, 6.45) is 0. The average molecular weight is 462 g/mol. The first-order valence-electron chi connectivity index (χ1n) is 9.95. The number of carbonyl (C=O) groups is 1. The Morgan fingerprint density at radius 1 is 1.12 bits per heavy atom. The largest absolute Gasteiger partial charge is 0.493 e. The molecule has 0 bridgehead atoms. The molecular weight excluding hydrogens is 434 g/mol. The summed E-state index contributed by atoms with van der Waals surface area (Å²) in [5.41, 5.74) is 1.34. The number of aryl methyl sites for hydroxylation is 1. The number of carbonyl (C=O) groups excluding carboxylic acids is 1. The second-order valence-electron chi connectivity index (χ2n) is 7.24. The average Bonchev–Trinajstić information content (AvgIpc) is 3.10. The van der Waals surface area contributed by atoms with Crippen LogP contribution in [0.4, 0.5) is 0 Å². The summed E-state index contributed by atoms with van der Waals surface area (Å²) in [4.78, 5) is 35.4. The summed E-state index contributed by atoms with van der Waals surface area (Å²) in [6.45, 7) is 3.22. The molecule has 10 heteroatoms. The van der Waals surface area contributed by atoms with Crippen LogP contribution in [0.15, 0.2) is 23.0 Å². The molecule has 0 radical (unpaired) electrons. The zero-order valence-electron chi connectivity index (χ0n) is 18.8. The van der Waals surface area contributed by atoms with Gasteiger partial charge in [-0.3, -0.25) is 9.69 Å². The lowest BCUT2D eigenvalue weighted by Crippen LogP contribution is -2.21. The van der Waals surface area contributed by atoms with Crippen LogP contribution in [-0.2, 0) is 22.6 Å². The van der Waals surface area contributed by atoms with Gasteiger partial charge in [0, 0.05) is 13.7 Å². The Morgan fingerprint density at radius 3 is 2.56 bits per heavy atom. The minimum absolute atomic E-state index is 0.152. The first kappa shape index (κ1) is 23.7. The Morgan fingerprint density at radius 2 is 1.88 bits per heavy atom. The number of methoxy groups -OCH3 is 3. The minimum Gasteiger partial charge on any atom is -0.493 e. The number of nitrogens with one attached hydrogen (secondary N) is 1. The number of aromatic amines is 1. The summed E-state index contributed by atoms with van der Waals surface area (Å²) < 4.78 is 20.7. The summed E-state index contributed by atoms with van der Waals surface area (Å²) >= 11 is 1.16. The van der Waals surface area contributed by atoms with E-state index in [0.717, 1.165) is 16.9 Å². The van der Waals surface area contributed by atoms with E-state index in [2.05, 4.69) is 9.97 Å². The van der Waals surface area contributed by atoms with Gasteiger partial charge in [0.2, 0.25) is 0 Å². The van der Waals surface area contributed by atoms with Gasteiger partial charge < -0.3 is 23.9 Å². The maximum absolute atomic E-state index is 12.7. The van der Waals surface area contributed by atoms with Gasteiger partial charge in [-0.1, -0.05) is 6.07 Å². The van der Waals surface area contributed by atoms with Crippen molar-refractivity contribution in [2.75, 3.05) is 41.6 Å². The van der Waals surface area contributed by atoms with Crippen molar-refractivity contribution in [2.45, 2.75) is 20.0 Å².